The average Bonchev–Trinajstić information content (AvgIpc) is 2.54. The summed E-state index contributed by atoms with van der Waals surface area (Å²) in [4.78, 5) is 0.274. The number of aliphatic hydroxyl groups is 1. The van der Waals surface area contributed by atoms with Gasteiger partial charge in [-0.05, 0) is 30.5 Å². The van der Waals surface area contributed by atoms with E-state index in [9.17, 15) is 13.5 Å². The average molecular weight is 376 g/mol. The fraction of sp³-hybridized carbons (Fsp3) is 0.600. The van der Waals surface area contributed by atoms with Crippen molar-refractivity contribution in [2.45, 2.75) is 42.3 Å². The SMILES string of the molecule is O=S(=O)(NCC1(CO)CCCCC1)c1ccc(CBr)cc1. The Labute approximate surface area is 135 Å². The van der Waals surface area contributed by atoms with Gasteiger partial charge in [0.1, 0.15) is 0 Å². The number of aliphatic hydroxyl groups excluding tert-OH is 1. The second-order valence-electron chi connectivity index (χ2n) is 5.82. The number of sulfonamides is 1. The Bertz CT molecular complexity index is 551. The van der Waals surface area contributed by atoms with Crippen LogP contribution in [0.5, 0.6) is 0 Å². The van der Waals surface area contributed by atoms with Crippen molar-refractivity contribution < 1.29 is 13.5 Å². The molecule has 1 aliphatic carbocycles. The summed E-state index contributed by atoms with van der Waals surface area (Å²) in [6.45, 7) is 0.351. The molecule has 21 heavy (non-hydrogen) atoms. The zero-order chi connectivity index (χ0) is 15.3. The molecule has 1 aromatic rings. The standard InChI is InChI=1S/C15H22BrNO3S/c16-10-13-4-6-14(7-5-13)21(19,20)17-11-15(12-18)8-2-1-3-9-15/h4-7,17-18H,1-3,8-12H2. The molecule has 0 aromatic heterocycles. The molecule has 118 valence electrons. The third-order valence-corrected chi connectivity index (χ3v) is 6.34. The highest BCUT2D eigenvalue weighted by Gasteiger charge is 2.32. The molecular weight excluding hydrogens is 354 g/mol. The zero-order valence-corrected chi connectivity index (χ0v) is 14.4. The number of hydrogen-bond acceptors (Lipinski definition) is 3. The van der Waals surface area contributed by atoms with E-state index in [-0.39, 0.29) is 16.9 Å². The van der Waals surface area contributed by atoms with Crippen LogP contribution < -0.4 is 4.72 Å². The molecule has 0 spiro atoms. The van der Waals surface area contributed by atoms with Crippen LogP contribution in [0.4, 0.5) is 0 Å². The van der Waals surface area contributed by atoms with Gasteiger partial charge in [-0.1, -0.05) is 47.3 Å². The van der Waals surface area contributed by atoms with Crippen molar-refractivity contribution >= 4 is 26.0 Å². The molecule has 0 saturated heterocycles. The maximum Gasteiger partial charge on any atom is 0.240 e. The molecule has 0 aliphatic heterocycles. The Balaban J connectivity index is 2.06. The Morgan fingerprint density at radius 2 is 1.76 bits per heavy atom. The van der Waals surface area contributed by atoms with Crippen LogP contribution in [0, 0.1) is 5.41 Å². The Morgan fingerprint density at radius 3 is 2.29 bits per heavy atom. The predicted molar refractivity (Wildman–Crippen MR) is 86.9 cm³/mol. The summed E-state index contributed by atoms with van der Waals surface area (Å²) < 4.78 is 27.3. The summed E-state index contributed by atoms with van der Waals surface area (Å²) in [5, 5.41) is 10.3. The molecule has 1 aliphatic rings. The van der Waals surface area contributed by atoms with Crippen molar-refractivity contribution in [3.05, 3.63) is 29.8 Å². The first-order valence-corrected chi connectivity index (χ1v) is 9.87. The minimum absolute atomic E-state index is 0.0397. The van der Waals surface area contributed by atoms with Crippen LogP contribution in [0.15, 0.2) is 29.2 Å². The van der Waals surface area contributed by atoms with Gasteiger partial charge >= 0.3 is 0 Å². The van der Waals surface area contributed by atoms with Gasteiger partial charge in [-0.2, -0.15) is 0 Å². The molecular formula is C15H22BrNO3S. The van der Waals surface area contributed by atoms with Gasteiger partial charge in [0.05, 0.1) is 4.90 Å². The van der Waals surface area contributed by atoms with E-state index in [0.717, 1.165) is 31.2 Å². The Hall–Kier alpha value is -0.430. The van der Waals surface area contributed by atoms with Crippen LogP contribution in [-0.2, 0) is 15.4 Å². The van der Waals surface area contributed by atoms with E-state index in [0.29, 0.717) is 11.9 Å². The van der Waals surface area contributed by atoms with Gasteiger partial charge in [0.15, 0.2) is 0 Å². The minimum Gasteiger partial charge on any atom is -0.396 e. The largest absolute Gasteiger partial charge is 0.396 e. The van der Waals surface area contributed by atoms with Crippen molar-refractivity contribution in [3.8, 4) is 0 Å². The van der Waals surface area contributed by atoms with E-state index >= 15 is 0 Å². The van der Waals surface area contributed by atoms with E-state index in [1.54, 1.807) is 24.3 Å². The molecule has 2 N–H and O–H groups in total. The van der Waals surface area contributed by atoms with Crippen molar-refractivity contribution in [3.63, 3.8) is 0 Å². The number of rotatable bonds is 6. The van der Waals surface area contributed by atoms with Crippen LogP contribution in [0.1, 0.15) is 37.7 Å². The number of nitrogens with one attached hydrogen (secondary N) is 1. The maximum atomic E-state index is 12.3. The summed E-state index contributed by atoms with van der Waals surface area (Å²) >= 11 is 3.34. The smallest absolute Gasteiger partial charge is 0.240 e. The van der Waals surface area contributed by atoms with Crippen molar-refractivity contribution in [1.82, 2.24) is 4.72 Å². The van der Waals surface area contributed by atoms with Crippen molar-refractivity contribution in [2.75, 3.05) is 13.2 Å². The second kappa shape index (κ2) is 7.22. The first-order chi connectivity index (χ1) is 10.0. The van der Waals surface area contributed by atoms with E-state index in [2.05, 4.69) is 20.7 Å². The molecule has 0 heterocycles. The topological polar surface area (TPSA) is 66.4 Å². The Kier molecular flexibility index (Phi) is 5.82. The Morgan fingerprint density at radius 1 is 1.14 bits per heavy atom. The molecule has 1 saturated carbocycles. The van der Waals surface area contributed by atoms with Crippen LogP contribution in [0.2, 0.25) is 0 Å². The molecule has 4 nitrogen and oxygen atoms in total. The van der Waals surface area contributed by atoms with Crippen LogP contribution >= 0.6 is 15.9 Å². The summed E-state index contributed by atoms with van der Waals surface area (Å²) in [5.41, 5.74) is 0.745. The zero-order valence-electron chi connectivity index (χ0n) is 12.0. The number of halogens is 1. The van der Waals surface area contributed by atoms with Gasteiger partial charge in [-0.15, -0.1) is 0 Å². The van der Waals surface area contributed by atoms with Crippen LogP contribution in [0.25, 0.3) is 0 Å². The lowest BCUT2D eigenvalue weighted by Crippen LogP contribution is -2.41. The molecule has 0 atom stereocenters. The van der Waals surface area contributed by atoms with E-state index in [4.69, 9.17) is 0 Å². The molecule has 1 aromatic carbocycles. The van der Waals surface area contributed by atoms with Gasteiger partial charge < -0.3 is 5.11 Å². The normalized spacial score (nSPS) is 18.6. The highest BCUT2D eigenvalue weighted by molar-refractivity contribution is 9.08. The molecule has 0 bridgehead atoms. The van der Waals surface area contributed by atoms with E-state index < -0.39 is 10.0 Å². The van der Waals surface area contributed by atoms with E-state index in [1.807, 2.05) is 0 Å². The first kappa shape index (κ1) is 16.9. The third-order valence-electron chi connectivity index (χ3n) is 4.27. The lowest BCUT2D eigenvalue weighted by Gasteiger charge is -2.35. The summed E-state index contributed by atoms with van der Waals surface area (Å²) in [7, 11) is -3.51. The molecule has 1 fully saturated rings. The first-order valence-electron chi connectivity index (χ1n) is 7.27. The molecule has 6 heteroatoms. The maximum absolute atomic E-state index is 12.3. The van der Waals surface area contributed by atoms with E-state index in [1.165, 1.54) is 6.42 Å². The molecule has 0 unspecified atom stereocenters. The molecule has 0 amide bonds. The lowest BCUT2D eigenvalue weighted by atomic mass is 9.75. The molecule has 0 radical (unpaired) electrons. The van der Waals surface area contributed by atoms with Gasteiger partial charge in [0, 0.05) is 23.9 Å². The van der Waals surface area contributed by atoms with Crippen LogP contribution in [0.3, 0.4) is 0 Å². The summed E-state index contributed by atoms with van der Waals surface area (Å²) in [6, 6.07) is 6.83. The number of benzene rings is 1. The fourth-order valence-electron chi connectivity index (χ4n) is 2.78. The lowest BCUT2D eigenvalue weighted by molar-refractivity contribution is 0.0867. The van der Waals surface area contributed by atoms with Gasteiger partial charge in [0.2, 0.25) is 10.0 Å². The summed E-state index contributed by atoms with van der Waals surface area (Å²) in [6.07, 6.45) is 5.05. The number of alkyl halides is 1. The minimum atomic E-state index is -3.51. The van der Waals surface area contributed by atoms with Crippen molar-refractivity contribution in [2.24, 2.45) is 5.41 Å². The quantitative estimate of drug-likeness (QED) is 0.751. The monoisotopic (exact) mass is 375 g/mol. The van der Waals surface area contributed by atoms with Crippen LogP contribution in [-0.4, -0.2) is 26.7 Å². The van der Waals surface area contributed by atoms with Crippen molar-refractivity contribution in [1.29, 1.82) is 0 Å². The molecule has 2 rings (SSSR count). The second-order valence-corrected chi connectivity index (χ2v) is 8.15. The van der Waals surface area contributed by atoms with Gasteiger partial charge in [0.25, 0.3) is 0 Å². The summed E-state index contributed by atoms with van der Waals surface area (Å²) in [5.74, 6) is 0. The highest BCUT2D eigenvalue weighted by Crippen LogP contribution is 2.35. The number of hydrogen-bond donors (Lipinski definition) is 2. The third kappa shape index (κ3) is 4.28. The fourth-order valence-corrected chi connectivity index (χ4v) is 4.31. The van der Waals surface area contributed by atoms with Gasteiger partial charge in [-0.3, -0.25) is 0 Å². The predicted octanol–water partition coefficient (Wildman–Crippen LogP) is 2.80. The highest BCUT2D eigenvalue weighted by atomic mass is 79.9. The van der Waals surface area contributed by atoms with Gasteiger partial charge in [-0.25, -0.2) is 13.1 Å².